The minimum Gasteiger partial charge on any atom is -0.480 e. The van der Waals surface area contributed by atoms with Crippen LogP contribution in [-0.2, 0) is 4.79 Å². The lowest BCUT2D eigenvalue weighted by Crippen LogP contribution is -2.50. The highest BCUT2D eigenvalue weighted by atomic mass is 16.4. The van der Waals surface area contributed by atoms with Crippen molar-refractivity contribution in [2.24, 2.45) is 11.8 Å². The zero-order valence-corrected chi connectivity index (χ0v) is 11.8. The maximum Gasteiger partial charge on any atom is 0.326 e. The van der Waals surface area contributed by atoms with Gasteiger partial charge >= 0.3 is 12.0 Å². The van der Waals surface area contributed by atoms with E-state index in [-0.39, 0.29) is 6.03 Å². The second kappa shape index (κ2) is 5.80. The van der Waals surface area contributed by atoms with Crippen molar-refractivity contribution in [1.29, 1.82) is 0 Å². The maximum absolute atomic E-state index is 12.4. The first kappa shape index (κ1) is 14.2. The molecule has 2 saturated heterocycles. The summed E-state index contributed by atoms with van der Waals surface area (Å²) in [5, 5.41) is 9.13. The van der Waals surface area contributed by atoms with Gasteiger partial charge in [-0.2, -0.15) is 0 Å². The molecule has 0 aromatic rings. The van der Waals surface area contributed by atoms with E-state index >= 15 is 0 Å². The van der Waals surface area contributed by atoms with Gasteiger partial charge in [0, 0.05) is 19.6 Å². The summed E-state index contributed by atoms with van der Waals surface area (Å²) < 4.78 is 0. The number of carbonyl (C=O) groups is 2. The molecular formula is C14H24N2O3. The number of nitrogens with zero attached hydrogens (tertiary/aromatic N) is 2. The number of amides is 2. The summed E-state index contributed by atoms with van der Waals surface area (Å²) in [6.45, 7) is 6.57. The average Bonchev–Trinajstić information content (AvgIpc) is 2.87. The molecule has 5 nitrogen and oxygen atoms in total. The summed E-state index contributed by atoms with van der Waals surface area (Å²) in [6, 6.07) is -0.692. The summed E-state index contributed by atoms with van der Waals surface area (Å²) in [7, 11) is 0. The predicted octanol–water partition coefficient (Wildman–Crippen LogP) is 2.02. The van der Waals surface area contributed by atoms with Gasteiger partial charge in [-0.3, -0.25) is 0 Å². The van der Waals surface area contributed by atoms with Crippen molar-refractivity contribution in [3.8, 4) is 0 Å². The molecule has 0 spiro atoms. The number of aliphatic carboxylic acids is 1. The number of hydrogen-bond acceptors (Lipinski definition) is 2. The molecule has 2 aliphatic rings. The molecule has 2 fully saturated rings. The summed E-state index contributed by atoms with van der Waals surface area (Å²) in [6.07, 6.45) is 3.46. The van der Waals surface area contributed by atoms with E-state index in [2.05, 4.69) is 13.8 Å². The minimum absolute atomic E-state index is 0.0768. The van der Waals surface area contributed by atoms with Crippen LogP contribution in [0.4, 0.5) is 4.79 Å². The topological polar surface area (TPSA) is 60.9 Å². The molecule has 0 saturated carbocycles. The van der Waals surface area contributed by atoms with Crippen molar-refractivity contribution < 1.29 is 14.7 Å². The molecule has 0 aromatic heterocycles. The van der Waals surface area contributed by atoms with Gasteiger partial charge < -0.3 is 14.9 Å². The first-order valence-corrected chi connectivity index (χ1v) is 7.29. The fraction of sp³-hybridized carbons (Fsp3) is 0.857. The Morgan fingerprint density at radius 3 is 2.26 bits per heavy atom. The number of carboxylic acids is 1. The molecule has 0 aromatic carbocycles. The van der Waals surface area contributed by atoms with Gasteiger partial charge in [0.15, 0.2) is 0 Å². The van der Waals surface area contributed by atoms with Gasteiger partial charge in [-0.25, -0.2) is 9.59 Å². The number of piperidine rings is 1. The van der Waals surface area contributed by atoms with Crippen LogP contribution in [0.2, 0.25) is 0 Å². The lowest BCUT2D eigenvalue weighted by molar-refractivity contribution is -0.141. The van der Waals surface area contributed by atoms with E-state index in [0.29, 0.717) is 24.8 Å². The average molecular weight is 268 g/mol. The summed E-state index contributed by atoms with van der Waals surface area (Å²) in [5.74, 6) is 0.483. The monoisotopic (exact) mass is 268 g/mol. The zero-order valence-electron chi connectivity index (χ0n) is 11.8. The summed E-state index contributed by atoms with van der Waals surface area (Å²) in [4.78, 5) is 26.9. The third-order valence-corrected chi connectivity index (χ3v) is 4.54. The van der Waals surface area contributed by atoms with Crippen LogP contribution < -0.4 is 0 Å². The number of hydrogen-bond donors (Lipinski definition) is 1. The molecule has 0 unspecified atom stereocenters. The summed E-state index contributed by atoms with van der Waals surface area (Å²) in [5.41, 5.74) is 0. The molecule has 2 rings (SSSR count). The van der Waals surface area contributed by atoms with Crippen LogP contribution in [-0.4, -0.2) is 52.6 Å². The number of carboxylic acid groups (broad SMARTS) is 1. The molecular weight excluding hydrogens is 244 g/mol. The lowest BCUT2D eigenvalue weighted by atomic mass is 9.87. The molecule has 2 aliphatic heterocycles. The zero-order chi connectivity index (χ0) is 14.0. The third kappa shape index (κ3) is 3.01. The summed E-state index contributed by atoms with van der Waals surface area (Å²) >= 11 is 0. The van der Waals surface area contributed by atoms with Crippen LogP contribution in [0.3, 0.4) is 0 Å². The van der Waals surface area contributed by atoms with Crippen LogP contribution in [0, 0.1) is 11.8 Å². The van der Waals surface area contributed by atoms with Gasteiger partial charge in [0.1, 0.15) is 6.04 Å². The van der Waals surface area contributed by atoms with Crippen LogP contribution in [0.1, 0.15) is 39.5 Å². The molecule has 0 bridgehead atoms. The molecule has 0 radical (unpaired) electrons. The largest absolute Gasteiger partial charge is 0.480 e. The van der Waals surface area contributed by atoms with Gasteiger partial charge in [-0.1, -0.05) is 13.8 Å². The van der Waals surface area contributed by atoms with E-state index < -0.39 is 12.0 Å². The van der Waals surface area contributed by atoms with Crippen LogP contribution in [0.25, 0.3) is 0 Å². The standard InChI is InChI=1S/C14H24N2O3/c1-10(2)11-5-8-15(9-6-11)14(19)16-7-3-4-12(16)13(17)18/h10-12H,3-9H2,1-2H3,(H,17,18)/t12-/m1/s1. The molecule has 108 valence electrons. The van der Waals surface area contributed by atoms with Crippen molar-refractivity contribution in [1.82, 2.24) is 9.80 Å². The van der Waals surface area contributed by atoms with E-state index in [1.165, 1.54) is 4.90 Å². The Balaban J connectivity index is 1.92. The molecule has 2 heterocycles. The Morgan fingerprint density at radius 2 is 1.74 bits per heavy atom. The van der Waals surface area contributed by atoms with Gasteiger partial charge in [-0.05, 0) is 37.5 Å². The van der Waals surface area contributed by atoms with E-state index in [1.807, 2.05) is 4.90 Å². The van der Waals surface area contributed by atoms with Gasteiger partial charge in [0.25, 0.3) is 0 Å². The Kier molecular flexibility index (Phi) is 4.32. The molecule has 19 heavy (non-hydrogen) atoms. The first-order chi connectivity index (χ1) is 9.00. The highest BCUT2D eigenvalue weighted by molar-refractivity contribution is 5.83. The predicted molar refractivity (Wildman–Crippen MR) is 71.9 cm³/mol. The highest BCUT2D eigenvalue weighted by Crippen LogP contribution is 2.26. The lowest BCUT2D eigenvalue weighted by Gasteiger charge is -2.36. The molecule has 1 N–H and O–H groups in total. The Bertz CT molecular complexity index is 349. The first-order valence-electron chi connectivity index (χ1n) is 7.29. The smallest absolute Gasteiger partial charge is 0.326 e. The number of rotatable bonds is 2. The van der Waals surface area contributed by atoms with Crippen molar-refractivity contribution in [2.75, 3.05) is 19.6 Å². The van der Waals surface area contributed by atoms with Gasteiger partial charge in [0.2, 0.25) is 0 Å². The normalized spacial score (nSPS) is 25.1. The molecule has 2 amide bonds. The molecule has 0 aliphatic carbocycles. The number of carbonyl (C=O) groups excluding carboxylic acids is 1. The maximum atomic E-state index is 12.4. The fourth-order valence-corrected chi connectivity index (χ4v) is 3.19. The van der Waals surface area contributed by atoms with Crippen molar-refractivity contribution in [2.45, 2.75) is 45.6 Å². The molecule has 5 heteroatoms. The third-order valence-electron chi connectivity index (χ3n) is 4.54. The Hall–Kier alpha value is -1.26. The second-order valence-electron chi connectivity index (χ2n) is 6.04. The Labute approximate surface area is 114 Å². The number of likely N-dealkylation sites (tertiary alicyclic amines) is 2. The van der Waals surface area contributed by atoms with E-state index in [0.717, 1.165) is 32.4 Å². The SMILES string of the molecule is CC(C)C1CCN(C(=O)N2CCC[C@@H]2C(=O)O)CC1. The number of urea groups is 1. The quantitative estimate of drug-likeness (QED) is 0.833. The Morgan fingerprint density at radius 1 is 1.11 bits per heavy atom. The van der Waals surface area contributed by atoms with Crippen LogP contribution in [0.5, 0.6) is 0 Å². The molecule has 1 atom stereocenters. The van der Waals surface area contributed by atoms with Crippen molar-refractivity contribution in [3.05, 3.63) is 0 Å². The fourth-order valence-electron chi connectivity index (χ4n) is 3.19. The van der Waals surface area contributed by atoms with E-state index in [1.54, 1.807) is 0 Å². The highest BCUT2D eigenvalue weighted by Gasteiger charge is 2.37. The van der Waals surface area contributed by atoms with Gasteiger partial charge in [-0.15, -0.1) is 0 Å². The van der Waals surface area contributed by atoms with E-state index in [9.17, 15) is 9.59 Å². The minimum atomic E-state index is -0.872. The van der Waals surface area contributed by atoms with Gasteiger partial charge in [0.05, 0.1) is 0 Å². The van der Waals surface area contributed by atoms with E-state index in [4.69, 9.17) is 5.11 Å². The van der Waals surface area contributed by atoms with Crippen molar-refractivity contribution >= 4 is 12.0 Å². The second-order valence-corrected chi connectivity index (χ2v) is 6.04. The van der Waals surface area contributed by atoms with Crippen LogP contribution >= 0.6 is 0 Å². The van der Waals surface area contributed by atoms with Crippen LogP contribution in [0.15, 0.2) is 0 Å². The van der Waals surface area contributed by atoms with Crippen molar-refractivity contribution in [3.63, 3.8) is 0 Å².